The van der Waals surface area contributed by atoms with Crippen molar-refractivity contribution in [2.24, 2.45) is 88.0 Å². The number of imidazole rings is 1. The largest absolute Gasteiger partial charge is 0.370 e. The molecule has 0 bridgehead atoms. The molecule has 2 aromatic heterocycles. The van der Waals surface area contributed by atoms with Gasteiger partial charge in [0.25, 0.3) is 0 Å². The summed E-state index contributed by atoms with van der Waals surface area (Å²) in [5.74, 6) is -5.90. The van der Waals surface area contributed by atoms with Crippen LogP contribution < -0.4 is 95.4 Å². The fourth-order valence-corrected chi connectivity index (χ4v) is 6.60. The minimum Gasteiger partial charge on any atom is -0.370 e. The Morgan fingerprint density at radius 3 is 1.17 bits per heavy atom. The van der Waals surface area contributed by atoms with E-state index in [9.17, 15) is 28.8 Å². The number of rotatable bonds is 33. The zero-order valence-electron chi connectivity index (χ0n) is 39.5. The highest BCUT2D eigenvalue weighted by Crippen LogP contribution is 2.16. The molecule has 0 unspecified atom stereocenters. The van der Waals surface area contributed by atoms with Crippen molar-refractivity contribution in [2.75, 3.05) is 38.5 Å². The predicted octanol–water partition coefficient (Wildman–Crippen LogP) is -7.77. The molecule has 0 saturated carbocycles. The van der Waals surface area contributed by atoms with Gasteiger partial charge in [0.15, 0.2) is 35.4 Å². The predicted molar refractivity (Wildman–Crippen MR) is 268 cm³/mol. The van der Waals surface area contributed by atoms with E-state index in [1.807, 2.05) is 0 Å². The number of nitrogen functional groups attached to an aromatic ring is 1. The fraction of sp³-hybridized carbons (Fsp3) is 0.538. The fourth-order valence-electron chi connectivity index (χ4n) is 6.60. The van der Waals surface area contributed by atoms with Crippen molar-refractivity contribution in [1.29, 1.82) is 0 Å². The molecule has 2 heterocycles. The van der Waals surface area contributed by atoms with Crippen LogP contribution in [0.1, 0.15) is 69.9 Å². The molecule has 32 heteroatoms. The molecule has 0 aromatic carbocycles. The second-order valence-electron chi connectivity index (χ2n) is 15.7. The van der Waals surface area contributed by atoms with Crippen LogP contribution in [0, 0.1) is 0 Å². The molecule has 71 heavy (non-hydrogen) atoms. The molecule has 32 nitrogen and oxygen atoms in total. The first-order chi connectivity index (χ1) is 33.6. The standard InChI is InChI=1S/C39H70N26O6/c1-2-20-27-29(64-39(51)63-20)65(19-57-27)18-26(66)58-22(9-4-14-53-35(43)44)30(68)60-24(11-6-16-55-37(47)48)32(70)62-25(12-7-17-56-38(49)50)33(71)61-23(10-5-15-54-36(45)46)31(69)59-21(28(40)67)8-3-13-52-34(41)42/h2,19,21-25H,1,3-18H2,(H2,40,67)(H,58,66)(H,59,69)(H,60,68)(H,61,71)(H,62,70)(H4,41,42,52)(H4,43,44,53)(H4,45,46,54)(H4,47,48,55)(H4,49,50,56)(H2,51,63,64)/t21-,22-,23-,24-,25-/m0/s1. The first-order valence-electron chi connectivity index (χ1n) is 22.3. The zero-order valence-corrected chi connectivity index (χ0v) is 39.5. The third-order valence-corrected chi connectivity index (χ3v) is 9.95. The van der Waals surface area contributed by atoms with Gasteiger partial charge < -0.3 is 100.0 Å². The summed E-state index contributed by atoms with van der Waals surface area (Å²) in [6, 6.07) is -6.52. The molecule has 0 saturated heterocycles. The number of primary amides is 1. The van der Waals surface area contributed by atoms with Crippen molar-refractivity contribution in [1.82, 2.24) is 46.1 Å². The molecule has 0 aliphatic carbocycles. The molecule has 0 spiro atoms. The Morgan fingerprint density at radius 2 is 0.845 bits per heavy atom. The highest BCUT2D eigenvalue weighted by molar-refractivity contribution is 5.96. The summed E-state index contributed by atoms with van der Waals surface area (Å²) in [4.78, 5) is 115. The smallest absolute Gasteiger partial charge is 0.243 e. The van der Waals surface area contributed by atoms with Crippen LogP contribution in [0.2, 0.25) is 0 Å². The molecule has 2 aromatic rings. The molecular weight excluding hydrogens is 929 g/mol. The molecule has 0 aliphatic heterocycles. The van der Waals surface area contributed by atoms with Gasteiger partial charge in [0.2, 0.25) is 41.4 Å². The van der Waals surface area contributed by atoms with Crippen molar-refractivity contribution in [2.45, 2.75) is 101 Å². The number of hydrogen-bond acceptors (Lipinski definition) is 15. The number of aromatic nitrogens is 4. The number of anilines is 1. The van der Waals surface area contributed by atoms with E-state index in [4.69, 9.17) is 68.8 Å². The second-order valence-corrected chi connectivity index (χ2v) is 15.7. The molecule has 0 aliphatic rings. The molecule has 0 radical (unpaired) electrons. The number of carbonyl (C=O) groups excluding carboxylic acids is 6. The SMILES string of the molecule is C=Cc1nc(N)nc2c1ncn2CC(=O)N[C@@H](CCCN=C(N)N)C(=O)N[C@@H](CCCN=C(N)N)C(=O)N[C@@H](CCCN=C(N)N)C(=O)N[C@@H](CCCN=C(N)N)C(=O)N[C@@H](CCCN=C(N)N)C(N)=O. The zero-order chi connectivity index (χ0) is 53.0. The maximum absolute atomic E-state index is 14.3. The van der Waals surface area contributed by atoms with Gasteiger partial charge in [0.1, 0.15) is 42.3 Å². The van der Waals surface area contributed by atoms with E-state index in [1.54, 1.807) is 0 Å². The van der Waals surface area contributed by atoms with Crippen LogP contribution >= 0.6 is 0 Å². The normalized spacial score (nSPS) is 12.8. The summed E-state index contributed by atoms with van der Waals surface area (Å²) in [6.07, 6.45) is 3.54. The van der Waals surface area contributed by atoms with Crippen molar-refractivity contribution in [3.63, 3.8) is 0 Å². The van der Waals surface area contributed by atoms with Gasteiger partial charge in [-0.3, -0.25) is 53.7 Å². The van der Waals surface area contributed by atoms with Gasteiger partial charge in [-0.15, -0.1) is 0 Å². The number of nitrogens with one attached hydrogen (secondary N) is 5. The lowest BCUT2D eigenvalue weighted by atomic mass is 10.0. The first kappa shape index (κ1) is 58.4. The van der Waals surface area contributed by atoms with Gasteiger partial charge in [-0.1, -0.05) is 6.58 Å². The highest BCUT2D eigenvalue weighted by atomic mass is 16.2. The molecule has 2 rings (SSSR count). The summed E-state index contributed by atoms with van der Waals surface area (Å²) in [6.45, 7) is 3.71. The van der Waals surface area contributed by atoms with Crippen molar-refractivity contribution >= 4 is 88.4 Å². The van der Waals surface area contributed by atoms with Gasteiger partial charge in [-0.05, 0) is 70.3 Å². The van der Waals surface area contributed by atoms with Gasteiger partial charge in [-0.25, -0.2) is 9.97 Å². The number of hydrogen-bond donors (Lipinski definition) is 17. The number of guanidine groups is 5. The number of nitrogens with two attached hydrogens (primary N) is 12. The van der Waals surface area contributed by atoms with Crippen LogP contribution in [-0.2, 0) is 35.3 Å². The monoisotopic (exact) mass is 999 g/mol. The lowest BCUT2D eigenvalue weighted by molar-refractivity contribution is -0.135. The molecule has 392 valence electrons. The number of fused-ring (bicyclic) bond motifs is 1. The van der Waals surface area contributed by atoms with E-state index >= 15 is 0 Å². The molecule has 29 N–H and O–H groups in total. The van der Waals surface area contributed by atoms with E-state index in [2.05, 4.69) is 73.1 Å². The number of carbonyl (C=O) groups is 6. The van der Waals surface area contributed by atoms with Crippen molar-refractivity contribution < 1.29 is 28.8 Å². The summed E-state index contributed by atoms with van der Waals surface area (Å²) in [7, 11) is 0. The quantitative estimate of drug-likeness (QED) is 0.0179. The third kappa shape index (κ3) is 22.7. The Bertz CT molecular complexity index is 2270. The van der Waals surface area contributed by atoms with Crippen LogP contribution in [-0.4, -0.2) is 148 Å². The van der Waals surface area contributed by atoms with Crippen LogP contribution in [0.5, 0.6) is 0 Å². The summed E-state index contributed by atoms with van der Waals surface area (Å²) >= 11 is 0. The minimum atomic E-state index is -1.38. The maximum Gasteiger partial charge on any atom is 0.243 e. The average Bonchev–Trinajstić information content (AvgIpc) is 3.68. The molecule has 6 amide bonds. The number of nitrogens with zero attached hydrogens (tertiary/aromatic N) is 9. The Balaban J connectivity index is 2.49. The second kappa shape index (κ2) is 30.6. The first-order valence-corrected chi connectivity index (χ1v) is 22.3. The number of aliphatic imine (C=N–C) groups is 5. The third-order valence-electron chi connectivity index (χ3n) is 9.95. The van der Waals surface area contributed by atoms with Crippen LogP contribution in [0.4, 0.5) is 5.95 Å². The van der Waals surface area contributed by atoms with E-state index in [0.29, 0.717) is 11.2 Å². The summed E-state index contributed by atoms with van der Waals surface area (Å²) in [5.41, 5.74) is 67.1. The van der Waals surface area contributed by atoms with Crippen LogP contribution in [0.15, 0.2) is 37.9 Å². The average molecular weight is 999 g/mol. The van der Waals surface area contributed by atoms with Crippen LogP contribution in [0.3, 0.4) is 0 Å². The van der Waals surface area contributed by atoms with Crippen LogP contribution in [0.25, 0.3) is 17.2 Å². The van der Waals surface area contributed by atoms with Gasteiger partial charge in [0, 0.05) is 32.7 Å². The van der Waals surface area contributed by atoms with Crippen molar-refractivity contribution in [3.05, 3.63) is 18.6 Å². The number of amides is 6. The Kier molecular flexibility index (Phi) is 25.2. The lowest BCUT2D eigenvalue weighted by Crippen LogP contribution is -2.59. The Morgan fingerprint density at radius 1 is 0.521 bits per heavy atom. The van der Waals surface area contributed by atoms with E-state index in [-0.39, 0.29) is 145 Å². The van der Waals surface area contributed by atoms with E-state index < -0.39 is 65.7 Å². The maximum atomic E-state index is 14.3. The van der Waals surface area contributed by atoms with Gasteiger partial charge >= 0.3 is 0 Å². The Labute approximate surface area is 408 Å². The summed E-state index contributed by atoms with van der Waals surface area (Å²) in [5, 5.41) is 13.2. The van der Waals surface area contributed by atoms with E-state index in [0.717, 1.165) is 0 Å². The van der Waals surface area contributed by atoms with Crippen molar-refractivity contribution in [3.8, 4) is 0 Å². The van der Waals surface area contributed by atoms with Gasteiger partial charge in [-0.2, -0.15) is 4.98 Å². The van der Waals surface area contributed by atoms with E-state index in [1.165, 1.54) is 17.0 Å². The van der Waals surface area contributed by atoms with Gasteiger partial charge in [0.05, 0.1) is 12.0 Å². The Hall–Kier alpha value is -8.74. The minimum absolute atomic E-state index is 0.00750. The summed E-state index contributed by atoms with van der Waals surface area (Å²) < 4.78 is 1.40. The topological polar surface area (TPSA) is 580 Å². The highest BCUT2D eigenvalue weighted by Gasteiger charge is 2.32. The molecule has 5 atom stereocenters. The molecular formula is C39H70N26O6. The lowest BCUT2D eigenvalue weighted by Gasteiger charge is -2.27. The molecule has 0 fully saturated rings.